The van der Waals surface area contributed by atoms with Crippen molar-refractivity contribution in [3.05, 3.63) is 29.8 Å². The van der Waals surface area contributed by atoms with Gasteiger partial charge in [0.05, 0.1) is 18.7 Å². The number of hydrogen-bond acceptors (Lipinski definition) is 5. The van der Waals surface area contributed by atoms with Crippen molar-refractivity contribution in [2.45, 2.75) is 19.4 Å². The summed E-state index contributed by atoms with van der Waals surface area (Å²) >= 11 is 0. The second-order valence-corrected chi connectivity index (χ2v) is 5.28. The number of anilines is 1. The molecule has 0 N–H and O–H groups in total. The van der Waals surface area contributed by atoms with Gasteiger partial charge in [0.1, 0.15) is 0 Å². The van der Waals surface area contributed by atoms with Gasteiger partial charge in [-0.2, -0.15) is 5.26 Å². The molecule has 0 radical (unpaired) electrons. The molecule has 112 valence electrons. The van der Waals surface area contributed by atoms with Crippen molar-refractivity contribution in [1.82, 2.24) is 4.90 Å². The summed E-state index contributed by atoms with van der Waals surface area (Å²) in [6, 6.07) is 10.1. The van der Waals surface area contributed by atoms with Crippen LogP contribution in [0.15, 0.2) is 24.3 Å². The summed E-state index contributed by atoms with van der Waals surface area (Å²) in [6.45, 7) is 5.86. The van der Waals surface area contributed by atoms with E-state index in [0.717, 1.165) is 31.9 Å². The number of rotatable bonds is 4. The van der Waals surface area contributed by atoms with Crippen LogP contribution in [0, 0.1) is 11.3 Å². The molecule has 1 heterocycles. The third kappa shape index (κ3) is 3.73. The largest absolute Gasteiger partial charge is 0.465 e. The number of benzene rings is 1. The molecule has 1 fully saturated rings. The number of carbonyl (C=O) groups is 1. The van der Waals surface area contributed by atoms with Crippen molar-refractivity contribution >= 4 is 11.7 Å². The number of hydrogen-bond donors (Lipinski definition) is 0. The number of nitriles is 1. The highest BCUT2D eigenvalue weighted by atomic mass is 16.5. The molecular formula is C16H21N3O2. The molecule has 1 aromatic rings. The molecule has 1 aliphatic heterocycles. The number of piperazine rings is 1. The predicted molar refractivity (Wildman–Crippen MR) is 81.3 cm³/mol. The van der Waals surface area contributed by atoms with Crippen molar-refractivity contribution in [3.8, 4) is 6.07 Å². The highest BCUT2D eigenvalue weighted by molar-refractivity contribution is 5.89. The van der Waals surface area contributed by atoms with Crippen molar-refractivity contribution in [3.63, 3.8) is 0 Å². The normalized spacial score (nSPS) is 19.1. The minimum absolute atomic E-state index is 0.309. The van der Waals surface area contributed by atoms with Crippen LogP contribution in [0.1, 0.15) is 23.7 Å². The van der Waals surface area contributed by atoms with Crippen molar-refractivity contribution < 1.29 is 9.53 Å². The Hall–Kier alpha value is -2.06. The summed E-state index contributed by atoms with van der Waals surface area (Å²) in [5.74, 6) is -0.309. The van der Waals surface area contributed by atoms with Crippen molar-refractivity contribution in [2.24, 2.45) is 0 Å². The quantitative estimate of drug-likeness (QED) is 0.792. The SMILES string of the molecule is COC(=O)c1ccc(N2CCN(CCC#N)[C@@H](C)C2)cc1. The average molecular weight is 287 g/mol. The van der Waals surface area contributed by atoms with Crippen molar-refractivity contribution in [1.29, 1.82) is 5.26 Å². The predicted octanol–water partition coefficient (Wildman–Crippen LogP) is 1.90. The Kier molecular flexibility index (Phi) is 5.18. The van der Waals surface area contributed by atoms with Crippen LogP contribution >= 0.6 is 0 Å². The topological polar surface area (TPSA) is 56.6 Å². The van der Waals surface area contributed by atoms with Crippen LogP contribution in [-0.2, 0) is 4.74 Å². The monoisotopic (exact) mass is 287 g/mol. The van der Waals surface area contributed by atoms with Crippen LogP contribution in [0.5, 0.6) is 0 Å². The Labute approximate surface area is 125 Å². The number of ether oxygens (including phenoxy) is 1. The molecule has 1 aliphatic rings. The van der Waals surface area contributed by atoms with Gasteiger partial charge in [-0.05, 0) is 31.2 Å². The highest BCUT2D eigenvalue weighted by Gasteiger charge is 2.23. The molecule has 5 nitrogen and oxygen atoms in total. The smallest absolute Gasteiger partial charge is 0.337 e. The van der Waals surface area contributed by atoms with Gasteiger partial charge >= 0.3 is 5.97 Å². The summed E-state index contributed by atoms with van der Waals surface area (Å²) < 4.78 is 4.70. The molecule has 0 aliphatic carbocycles. The van der Waals surface area contributed by atoms with Crippen LogP contribution < -0.4 is 4.90 Å². The third-order valence-electron chi connectivity index (χ3n) is 3.93. The van der Waals surface area contributed by atoms with Crippen LogP contribution in [-0.4, -0.2) is 50.2 Å². The first-order valence-electron chi connectivity index (χ1n) is 7.20. The minimum Gasteiger partial charge on any atom is -0.465 e. The Balaban J connectivity index is 1.98. The third-order valence-corrected chi connectivity index (χ3v) is 3.93. The molecule has 5 heteroatoms. The van der Waals surface area contributed by atoms with Gasteiger partial charge in [0.25, 0.3) is 0 Å². The van der Waals surface area contributed by atoms with Crippen LogP contribution in [0.3, 0.4) is 0 Å². The maximum Gasteiger partial charge on any atom is 0.337 e. The Bertz CT molecular complexity index is 521. The molecule has 0 bridgehead atoms. The maximum atomic E-state index is 11.4. The molecule has 1 saturated heterocycles. The minimum atomic E-state index is -0.309. The first-order valence-corrected chi connectivity index (χ1v) is 7.20. The zero-order valence-electron chi connectivity index (χ0n) is 12.6. The molecule has 0 spiro atoms. The van der Waals surface area contributed by atoms with Gasteiger partial charge in [-0.25, -0.2) is 4.79 Å². The fourth-order valence-electron chi connectivity index (χ4n) is 2.68. The lowest BCUT2D eigenvalue weighted by Gasteiger charge is -2.40. The van der Waals surface area contributed by atoms with Gasteiger partial charge in [0, 0.05) is 44.3 Å². The van der Waals surface area contributed by atoms with Gasteiger partial charge in [-0.15, -0.1) is 0 Å². The van der Waals surface area contributed by atoms with E-state index in [9.17, 15) is 4.79 Å². The first-order chi connectivity index (χ1) is 10.2. The lowest BCUT2D eigenvalue weighted by molar-refractivity contribution is 0.0601. The second-order valence-electron chi connectivity index (χ2n) is 5.28. The molecule has 21 heavy (non-hydrogen) atoms. The number of methoxy groups -OCH3 is 1. The fraction of sp³-hybridized carbons (Fsp3) is 0.500. The van der Waals surface area contributed by atoms with Crippen LogP contribution in [0.2, 0.25) is 0 Å². The highest BCUT2D eigenvalue weighted by Crippen LogP contribution is 2.20. The van der Waals surface area contributed by atoms with E-state index < -0.39 is 0 Å². The zero-order valence-corrected chi connectivity index (χ0v) is 12.6. The molecular weight excluding hydrogens is 266 g/mol. The summed E-state index contributed by atoms with van der Waals surface area (Å²) in [4.78, 5) is 16.1. The molecule has 0 aromatic heterocycles. The standard InChI is InChI=1S/C16H21N3O2/c1-13-12-19(11-10-18(13)9-3-8-17)15-6-4-14(5-7-15)16(20)21-2/h4-7,13H,3,9-12H2,1-2H3/t13-/m0/s1. The Morgan fingerprint density at radius 3 is 2.67 bits per heavy atom. The van der Waals surface area contributed by atoms with Crippen LogP contribution in [0.4, 0.5) is 5.69 Å². The van der Waals surface area contributed by atoms with Gasteiger partial charge < -0.3 is 9.64 Å². The zero-order chi connectivity index (χ0) is 15.2. The number of esters is 1. The summed E-state index contributed by atoms with van der Waals surface area (Å²) in [5.41, 5.74) is 1.69. The molecule has 1 aromatic carbocycles. The van der Waals surface area contributed by atoms with E-state index >= 15 is 0 Å². The Morgan fingerprint density at radius 1 is 1.38 bits per heavy atom. The molecule has 0 amide bonds. The van der Waals surface area contributed by atoms with E-state index in [2.05, 4.69) is 22.8 Å². The summed E-state index contributed by atoms with van der Waals surface area (Å²) in [6.07, 6.45) is 0.582. The maximum absolute atomic E-state index is 11.4. The lowest BCUT2D eigenvalue weighted by atomic mass is 10.1. The van der Waals surface area contributed by atoms with E-state index in [-0.39, 0.29) is 5.97 Å². The Morgan fingerprint density at radius 2 is 2.10 bits per heavy atom. The van der Waals surface area contributed by atoms with Gasteiger partial charge in [0.15, 0.2) is 0 Å². The summed E-state index contributed by atoms with van der Waals surface area (Å²) in [7, 11) is 1.39. The van der Waals surface area contributed by atoms with E-state index in [1.807, 2.05) is 12.1 Å². The van der Waals surface area contributed by atoms with E-state index in [1.54, 1.807) is 12.1 Å². The van der Waals surface area contributed by atoms with Gasteiger partial charge in [0.2, 0.25) is 0 Å². The second kappa shape index (κ2) is 7.09. The lowest BCUT2D eigenvalue weighted by Crippen LogP contribution is -2.52. The van der Waals surface area contributed by atoms with Gasteiger partial charge in [-0.3, -0.25) is 4.90 Å². The summed E-state index contributed by atoms with van der Waals surface area (Å²) in [5, 5.41) is 8.68. The molecule has 0 unspecified atom stereocenters. The number of nitrogens with zero attached hydrogens (tertiary/aromatic N) is 3. The van der Waals surface area contributed by atoms with E-state index in [4.69, 9.17) is 10.00 Å². The van der Waals surface area contributed by atoms with E-state index in [1.165, 1.54) is 7.11 Å². The average Bonchev–Trinajstić information content (AvgIpc) is 2.53. The van der Waals surface area contributed by atoms with Crippen molar-refractivity contribution in [2.75, 3.05) is 38.2 Å². The molecule has 1 atom stereocenters. The molecule has 2 rings (SSSR count). The fourth-order valence-corrected chi connectivity index (χ4v) is 2.68. The van der Waals surface area contributed by atoms with E-state index in [0.29, 0.717) is 18.0 Å². The molecule has 0 saturated carbocycles. The number of carbonyl (C=O) groups excluding carboxylic acids is 1. The van der Waals surface area contributed by atoms with Crippen LogP contribution in [0.25, 0.3) is 0 Å². The van der Waals surface area contributed by atoms with Gasteiger partial charge in [-0.1, -0.05) is 0 Å². The first kappa shape index (κ1) is 15.3.